The normalized spacial score (nSPS) is 16.8. The van der Waals surface area contributed by atoms with Crippen LogP contribution in [0.4, 0.5) is 5.13 Å². The van der Waals surface area contributed by atoms with Crippen LogP contribution in [0.1, 0.15) is 13.3 Å². The highest BCUT2D eigenvalue weighted by Crippen LogP contribution is 2.18. The number of piperazine rings is 1. The lowest BCUT2D eigenvalue weighted by Gasteiger charge is -2.34. The van der Waals surface area contributed by atoms with Gasteiger partial charge in [-0.25, -0.2) is 4.98 Å². The van der Waals surface area contributed by atoms with Crippen LogP contribution in [0.2, 0.25) is 0 Å². The molecule has 0 bridgehead atoms. The molecule has 2 heterocycles. The van der Waals surface area contributed by atoms with Crippen molar-refractivity contribution in [2.75, 3.05) is 50.7 Å². The fraction of sp³-hybridized carbons (Fsp3) is 0.643. The number of anilines is 1. The molecule has 1 saturated heterocycles. The summed E-state index contributed by atoms with van der Waals surface area (Å²) in [6, 6.07) is 0. The molecule has 0 radical (unpaired) electrons. The summed E-state index contributed by atoms with van der Waals surface area (Å²) in [5.74, 6) is 0. The second-order valence-electron chi connectivity index (χ2n) is 5.00. The summed E-state index contributed by atoms with van der Waals surface area (Å²) in [4.78, 5) is 9.23. The van der Waals surface area contributed by atoms with Gasteiger partial charge >= 0.3 is 0 Å². The standard InChI is InChI=1S/C14H24N4S/c1-3-4-15-11-13(2)12-17-6-8-18(9-7-17)14-16-5-10-19-14/h5,10,15H,2-4,6-9,11-12H2,1H3. The van der Waals surface area contributed by atoms with Gasteiger partial charge in [0.25, 0.3) is 0 Å². The van der Waals surface area contributed by atoms with Gasteiger partial charge in [0, 0.05) is 50.8 Å². The summed E-state index contributed by atoms with van der Waals surface area (Å²) in [5.41, 5.74) is 1.29. The minimum atomic E-state index is 0.945. The molecule has 106 valence electrons. The van der Waals surface area contributed by atoms with E-state index in [1.807, 2.05) is 11.6 Å². The van der Waals surface area contributed by atoms with Gasteiger partial charge in [-0.05, 0) is 18.5 Å². The number of hydrogen-bond acceptors (Lipinski definition) is 5. The van der Waals surface area contributed by atoms with Crippen LogP contribution in [0.5, 0.6) is 0 Å². The number of nitrogens with zero attached hydrogens (tertiary/aromatic N) is 3. The van der Waals surface area contributed by atoms with E-state index >= 15 is 0 Å². The monoisotopic (exact) mass is 280 g/mol. The molecule has 0 aromatic carbocycles. The molecule has 1 aliphatic heterocycles. The Kier molecular flexibility index (Phi) is 5.82. The molecule has 0 spiro atoms. The first kappa shape index (κ1) is 14.5. The maximum absolute atomic E-state index is 4.37. The van der Waals surface area contributed by atoms with Crippen LogP contribution in [0.15, 0.2) is 23.7 Å². The molecule has 1 N–H and O–H groups in total. The predicted molar refractivity (Wildman–Crippen MR) is 83.1 cm³/mol. The first-order chi connectivity index (χ1) is 9.29. The molecule has 4 nitrogen and oxygen atoms in total. The first-order valence-electron chi connectivity index (χ1n) is 7.03. The van der Waals surface area contributed by atoms with Crippen molar-refractivity contribution >= 4 is 16.5 Å². The number of aromatic nitrogens is 1. The van der Waals surface area contributed by atoms with Gasteiger partial charge in [0.05, 0.1) is 0 Å². The zero-order valence-corrected chi connectivity index (χ0v) is 12.6. The molecule has 2 rings (SSSR count). The van der Waals surface area contributed by atoms with Crippen molar-refractivity contribution in [2.24, 2.45) is 0 Å². The minimum Gasteiger partial charge on any atom is -0.346 e. The van der Waals surface area contributed by atoms with Gasteiger partial charge in [-0.2, -0.15) is 0 Å². The highest BCUT2D eigenvalue weighted by Gasteiger charge is 2.18. The van der Waals surface area contributed by atoms with E-state index in [4.69, 9.17) is 0 Å². The van der Waals surface area contributed by atoms with Gasteiger partial charge in [0.1, 0.15) is 0 Å². The zero-order chi connectivity index (χ0) is 13.5. The van der Waals surface area contributed by atoms with E-state index in [1.165, 1.54) is 12.0 Å². The largest absolute Gasteiger partial charge is 0.346 e. The van der Waals surface area contributed by atoms with Crippen molar-refractivity contribution in [1.82, 2.24) is 15.2 Å². The summed E-state index contributed by atoms with van der Waals surface area (Å²) in [6.45, 7) is 13.7. The van der Waals surface area contributed by atoms with Gasteiger partial charge in [0.2, 0.25) is 0 Å². The van der Waals surface area contributed by atoms with Crippen molar-refractivity contribution in [1.29, 1.82) is 0 Å². The van der Waals surface area contributed by atoms with E-state index < -0.39 is 0 Å². The Morgan fingerprint density at radius 1 is 1.42 bits per heavy atom. The third-order valence-corrected chi connectivity index (χ3v) is 4.14. The van der Waals surface area contributed by atoms with Crippen molar-refractivity contribution in [3.63, 3.8) is 0 Å². The van der Waals surface area contributed by atoms with Gasteiger partial charge in [-0.3, -0.25) is 4.90 Å². The van der Waals surface area contributed by atoms with Crippen LogP contribution >= 0.6 is 11.3 Å². The quantitative estimate of drug-likeness (QED) is 0.610. The highest BCUT2D eigenvalue weighted by molar-refractivity contribution is 7.13. The maximum Gasteiger partial charge on any atom is 0.185 e. The lowest BCUT2D eigenvalue weighted by molar-refractivity contribution is 0.276. The average molecular weight is 280 g/mol. The Hall–Kier alpha value is -0.910. The molecule has 19 heavy (non-hydrogen) atoms. The van der Waals surface area contributed by atoms with Crippen molar-refractivity contribution in [3.8, 4) is 0 Å². The Balaban J connectivity index is 1.67. The number of nitrogens with one attached hydrogen (secondary N) is 1. The smallest absolute Gasteiger partial charge is 0.185 e. The van der Waals surface area contributed by atoms with Crippen molar-refractivity contribution < 1.29 is 0 Å². The Morgan fingerprint density at radius 3 is 2.84 bits per heavy atom. The topological polar surface area (TPSA) is 31.4 Å². The molecule has 1 aromatic rings. The summed E-state index contributed by atoms with van der Waals surface area (Å²) in [7, 11) is 0. The maximum atomic E-state index is 4.37. The Labute approximate surface area is 120 Å². The Morgan fingerprint density at radius 2 is 2.21 bits per heavy atom. The molecule has 5 heteroatoms. The van der Waals surface area contributed by atoms with Gasteiger partial charge in [0.15, 0.2) is 5.13 Å². The Bertz CT molecular complexity index is 369. The van der Waals surface area contributed by atoms with Crippen LogP contribution in [0, 0.1) is 0 Å². The zero-order valence-electron chi connectivity index (χ0n) is 11.8. The van der Waals surface area contributed by atoms with Gasteiger partial charge in [-0.15, -0.1) is 11.3 Å². The molecule has 0 atom stereocenters. The van der Waals surface area contributed by atoms with E-state index in [0.717, 1.165) is 50.9 Å². The molecule has 0 saturated carbocycles. The summed E-state index contributed by atoms with van der Waals surface area (Å²) in [6.07, 6.45) is 3.06. The van der Waals surface area contributed by atoms with Crippen molar-refractivity contribution in [2.45, 2.75) is 13.3 Å². The third-order valence-electron chi connectivity index (χ3n) is 3.31. The van der Waals surface area contributed by atoms with Gasteiger partial charge < -0.3 is 10.2 Å². The molecule has 0 unspecified atom stereocenters. The number of rotatable bonds is 7. The number of thiazole rings is 1. The fourth-order valence-corrected chi connectivity index (χ4v) is 2.98. The molecule has 1 aromatic heterocycles. The lowest BCUT2D eigenvalue weighted by atomic mass is 10.2. The molecule has 1 aliphatic rings. The van der Waals surface area contributed by atoms with E-state index in [-0.39, 0.29) is 0 Å². The predicted octanol–water partition coefficient (Wildman–Crippen LogP) is 1.82. The molecule has 1 fully saturated rings. The summed E-state index contributed by atoms with van der Waals surface area (Å²) < 4.78 is 0. The summed E-state index contributed by atoms with van der Waals surface area (Å²) >= 11 is 1.73. The van der Waals surface area contributed by atoms with Crippen LogP contribution in [0.3, 0.4) is 0 Å². The van der Waals surface area contributed by atoms with Crippen molar-refractivity contribution in [3.05, 3.63) is 23.7 Å². The molecular weight excluding hydrogens is 256 g/mol. The highest BCUT2D eigenvalue weighted by atomic mass is 32.1. The molecular formula is C14H24N4S. The van der Waals surface area contributed by atoms with E-state index in [2.05, 4.69) is 33.6 Å². The molecule has 0 aliphatic carbocycles. The minimum absolute atomic E-state index is 0.945. The number of hydrogen-bond donors (Lipinski definition) is 1. The second kappa shape index (κ2) is 7.62. The van der Waals surface area contributed by atoms with Crippen LogP contribution in [-0.2, 0) is 0 Å². The van der Waals surface area contributed by atoms with Crippen LogP contribution in [-0.4, -0.2) is 55.7 Å². The first-order valence-corrected chi connectivity index (χ1v) is 7.91. The van der Waals surface area contributed by atoms with E-state index in [0.29, 0.717) is 0 Å². The van der Waals surface area contributed by atoms with E-state index in [9.17, 15) is 0 Å². The van der Waals surface area contributed by atoms with Crippen LogP contribution < -0.4 is 10.2 Å². The van der Waals surface area contributed by atoms with Gasteiger partial charge in [-0.1, -0.05) is 13.5 Å². The second-order valence-corrected chi connectivity index (χ2v) is 5.88. The van der Waals surface area contributed by atoms with E-state index in [1.54, 1.807) is 11.3 Å². The fourth-order valence-electron chi connectivity index (χ4n) is 2.28. The van der Waals surface area contributed by atoms with Crippen LogP contribution in [0.25, 0.3) is 0 Å². The average Bonchev–Trinajstić information content (AvgIpc) is 2.94. The summed E-state index contributed by atoms with van der Waals surface area (Å²) in [5, 5.41) is 6.61. The third kappa shape index (κ3) is 4.60. The SMILES string of the molecule is C=C(CNCCC)CN1CCN(c2nccs2)CC1. The molecule has 0 amide bonds. The lowest BCUT2D eigenvalue weighted by Crippen LogP contribution is -2.47.